The van der Waals surface area contributed by atoms with Gasteiger partial charge in [0.05, 0.1) is 0 Å². The molecule has 0 radical (unpaired) electrons. The molecule has 274 valence electrons. The number of nitrogens with zero attached hydrogens (tertiary/aromatic N) is 2. The molecule has 56 heavy (non-hydrogen) atoms. The molecule has 0 bridgehead atoms. The van der Waals surface area contributed by atoms with Crippen molar-refractivity contribution in [3.63, 3.8) is 0 Å². The first-order valence-electron chi connectivity index (χ1n) is 20.1. The van der Waals surface area contributed by atoms with Gasteiger partial charge in [0.25, 0.3) is 0 Å². The molecular weight excluding hydrogens is 677 g/mol. The van der Waals surface area contributed by atoms with E-state index in [1.165, 1.54) is 83.7 Å². The molecule has 2 heteroatoms. The van der Waals surface area contributed by atoms with E-state index in [1.54, 1.807) is 0 Å². The van der Waals surface area contributed by atoms with Gasteiger partial charge in [0, 0.05) is 45.5 Å². The summed E-state index contributed by atoms with van der Waals surface area (Å²) in [7, 11) is 0. The molecule has 3 aliphatic carbocycles. The maximum absolute atomic E-state index is 2.58. The van der Waals surface area contributed by atoms with Crippen LogP contribution >= 0.6 is 0 Å². The van der Waals surface area contributed by atoms with Crippen molar-refractivity contribution in [3.8, 4) is 11.1 Å². The number of rotatable bonds is 6. The molecule has 0 saturated carbocycles. The Balaban J connectivity index is 1.13. The van der Waals surface area contributed by atoms with E-state index in [-0.39, 0.29) is 10.8 Å². The van der Waals surface area contributed by atoms with E-state index >= 15 is 0 Å². The monoisotopic (exact) mass is 724 g/mol. The molecule has 0 aliphatic heterocycles. The van der Waals surface area contributed by atoms with Crippen LogP contribution in [0.3, 0.4) is 0 Å². The van der Waals surface area contributed by atoms with Gasteiger partial charge < -0.3 is 9.80 Å². The van der Waals surface area contributed by atoms with Gasteiger partial charge in [-0.1, -0.05) is 125 Å². The first-order chi connectivity index (χ1) is 27.1. The van der Waals surface area contributed by atoms with Crippen molar-refractivity contribution >= 4 is 39.2 Å². The molecule has 0 N–H and O–H groups in total. The lowest BCUT2D eigenvalue weighted by Gasteiger charge is -2.37. The number of hydrogen-bond donors (Lipinski definition) is 0. The normalized spacial score (nSPS) is 18.1. The number of benzene rings is 7. The Morgan fingerprint density at radius 2 is 1.07 bits per heavy atom. The lowest BCUT2D eigenvalue weighted by molar-refractivity contribution is 0.392. The second-order valence-corrected chi connectivity index (χ2v) is 17.2. The van der Waals surface area contributed by atoms with Crippen LogP contribution in [0.2, 0.25) is 0 Å². The van der Waals surface area contributed by atoms with Crippen LogP contribution in [0.4, 0.5) is 28.4 Å². The zero-order chi connectivity index (χ0) is 38.3. The molecule has 0 aromatic heterocycles. The predicted molar refractivity (Wildman–Crippen MR) is 237 cm³/mol. The van der Waals surface area contributed by atoms with Gasteiger partial charge in [-0.25, -0.2) is 0 Å². The molecule has 0 fully saturated rings. The van der Waals surface area contributed by atoms with Gasteiger partial charge in [0.15, 0.2) is 0 Å². The molecule has 2 nitrogen and oxygen atoms in total. The van der Waals surface area contributed by atoms with Gasteiger partial charge in [0.1, 0.15) is 0 Å². The van der Waals surface area contributed by atoms with Crippen LogP contribution in [0, 0.1) is 19.8 Å². The predicted octanol–water partition coefficient (Wildman–Crippen LogP) is 14.5. The summed E-state index contributed by atoms with van der Waals surface area (Å²) in [5, 5.41) is 2.82. The van der Waals surface area contributed by atoms with E-state index in [9.17, 15) is 0 Å². The number of para-hydroxylation sites is 2. The summed E-state index contributed by atoms with van der Waals surface area (Å²) in [6.45, 7) is 14.1. The van der Waals surface area contributed by atoms with Crippen LogP contribution in [-0.2, 0) is 10.8 Å². The summed E-state index contributed by atoms with van der Waals surface area (Å²) >= 11 is 0. The summed E-state index contributed by atoms with van der Waals surface area (Å²) in [6, 6.07) is 56.2. The zero-order valence-electron chi connectivity index (χ0n) is 33.2. The fraction of sp³-hybridized carbons (Fsp3) is 0.185. The quantitative estimate of drug-likeness (QED) is 0.168. The largest absolute Gasteiger partial charge is 0.311 e. The van der Waals surface area contributed by atoms with Crippen molar-refractivity contribution in [1.82, 2.24) is 0 Å². The third-order valence-corrected chi connectivity index (χ3v) is 13.0. The summed E-state index contributed by atoms with van der Waals surface area (Å²) in [6.07, 6.45) is 7.46. The maximum Gasteiger partial charge on any atom is 0.0465 e. The molecule has 0 spiro atoms. The summed E-state index contributed by atoms with van der Waals surface area (Å²) < 4.78 is 0. The van der Waals surface area contributed by atoms with Crippen molar-refractivity contribution < 1.29 is 0 Å². The fourth-order valence-electron chi connectivity index (χ4n) is 10.2. The van der Waals surface area contributed by atoms with Crippen LogP contribution in [0.5, 0.6) is 0 Å². The molecule has 0 saturated heterocycles. The van der Waals surface area contributed by atoms with Gasteiger partial charge in [0.2, 0.25) is 0 Å². The van der Waals surface area contributed by atoms with Crippen molar-refractivity contribution in [1.29, 1.82) is 0 Å². The fourth-order valence-corrected chi connectivity index (χ4v) is 10.2. The van der Waals surface area contributed by atoms with Crippen molar-refractivity contribution in [2.75, 3.05) is 9.80 Å². The molecule has 2 atom stereocenters. The van der Waals surface area contributed by atoms with Crippen LogP contribution in [0.1, 0.15) is 67.0 Å². The molecule has 0 amide bonds. The number of aryl methyl sites for hydroxylation is 2. The van der Waals surface area contributed by atoms with Crippen LogP contribution in [0.25, 0.3) is 21.9 Å². The molecule has 0 heterocycles. The van der Waals surface area contributed by atoms with Crippen LogP contribution in [0.15, 0.2) is 176 Å². The SMILES string of the molecule is Cc1cccc(N(C2=CC3C(C=C2)c2c(cc4c5c(cccc25)C(C)(C)c2cc(N(c5ccccc5)c5cccc(C)c5)ccc2-4)C3(C)C)c2ccccc2)c1. The van der Waals surface area contributed by atoms with Crippen molar-refractivity contribution in [2.45, 2.75) is 58.3 Å². The topological polar surface area (TPSA) is 6.48 Å². The average molecular weight is 725 g/mol. The first kappa shape index (κ1) is 34.4. The van der Waals surface area contributed by atoms with Crippen molar-refractivity contribution in [2.24, 2.45) is 5.92 Å². The van der Waals surface area contributed by atoms with Gasteiger partial charge in [-0.2, -0.15) is 0 Å². The van der Waals surface area contributed by atoms with Gasteiger partial charge in [-0.15, -0.1) is 0 Å². The highest BCUT2D eigenvalue weighted by Crippen LogP contribution is 2.60. The molecule has 7 aromatic carbocycles. The number of fused-ring (bicyclic) bond motifs is 6. The number of anilines is 5. The van der Waals surface area contributed by atoms with E-state index in [0.717, 1.165) is 5.69 Å². The zero-order valence-corrected chi connectivity index (χ0v) is 33.2. The Morgan fingerprint density at radius 3 is 1.73 bits per heavy atom. The number of allylic oxidation sites excluding steroid dienone is 3. The Bertz CT molecular complexity index is 2730. The van der Waals surface area contributed by atoms with Crippen molar-refractivity contribution in [3.05, 3.63) is 209 Å². The second-order valence-electron chi connectivity index (χ2n) is 17.2. The van der Waals surface area contributed by atoms with Gasteiger partial charge >= 0.3 is 0 Å². The standard InChI is InChI=1S/C54H48N2/c1-35-16-13-22-39(30-35)55(37-18-9-7-10-19-37)41-26-28-43-46-34-50-51(45-24-15-25-47(52(45)46)53(3,4)48(43)32-41)44-29-27-42(33-49(44)54(50,5)6)56(38-20-11-8-12-21-38)40-23-14-17-36(2)31-40/h7-34,44,49H,1-6H3. The van der Waals surface area contributed by atoms with Gasteiger partial charge in [-0.05, 0) is 153 Å². The third kappa shape index (κ3) is 5.23. The average Bonchev–Trinajstić information content (AvgIpc) is 3.43. The third-order valence-electron chi connectivity index (χ3n) is 13.0. The summed E-state index contributed by atoms with van der Waals surface area (Å²) in [5.74, 6) is 0.601. The first-order valence-corrected chi connectivity index (χ1v) is 20.1. The van der Waals surface area contributed by atoms with E-state index in [2.05, 4.69) is 221 Å². The smallest absolute Gasteiger partial charge is 0.0465 e. The minimum absolute atomic E-state index is 0.0893. The Kier molecular flexibility index (Phi) is 7.80. The van der Waals surface area contributed by atoms with E-state index in [0.29, 0.717) is 11.8 Å². The van der Waals surface area contributed by atoms with Crippen LogP contribution < -0.4 is 9.80 Å². The highest BCUT2D eigenvalue weighted by molar-refractivity contribution is 6.06. The Hall–Kier alpha value is -6.12. The maximum atomic E-state index is 2.58. The Morgan fingerprint density at radius 1 is 0.482 bits per heavy atom. The van der Waals surface area contributed by atoms with Crippen LogP contribution in [-0.4, -0.2) is 0 Å². The molecule has 2 unspecified atom stereocenters. The summed E-state index contributed by atoms with van der Waals surface area (Å²) in [5.41, 5.74) is 17.8. The second kappa shape index (κ2) is 12.7. The molecule has 3 aliphatic rings. The molecule has 10 rings (SSSR count). The lowest BCUT2D eigenvalue weighted by Crippen LogP contribution is -2.28. The Labute approximate surface area is 332 Å². The number of hydrogen-bond acceptors (Lipinski definition) is 2. The van der Waals surface area contributed by atoms with Gasteiger partial charge in [-0.3, -0.25) is 0 Å². The minimum Gasteiger partial charge on any atom is -0.311 e. The molecular formula is C54H48N2. The highest BCUT2D eigenvalue weighted by Gasteiger charge is 2.48. The van der Waals surface area contributed by atoms with E-state index in [1.807, 2.05) is 0 Å². The minimum atomic E-state index is -0.200. The highest BCUT2D eigenvalue weighted by atomic mass is 15.2. The van der Waals surface area contributed by atoms with E-state index in [4.69, 9.17) is 0 Å². The summed E-state index contributed by atoms with van der Waals surface area (Å²) in [4.78, 5) is 4.84. The molecule has 7 aromatic rings. The lowest BCUT2D eigenvalue weighted by atomic mass is 9.67. The van der Waals surface area contributed by atoms with E-state index < -0.39 is 0 Å².